The summed E-state index contributed by atoms with van der Waals surface area (Å²) in [6.07, 6.45) is 4.15. The van der Waals surface area contributed by atoms with Crippen LogP contribution in [0.3, 0.4) is 0 Å². The molecule has 0 bridgehead atoms. The van der Waals surface area contributed by atoms with Crippen LogP contribution in [0, 0.1) is 8.99 Å². The molecule has 1 aliphatic carbocycles. The first-order chi connectivity index (χ1) is 9.60. The van der Waals surface area contributed by atoms with Gasteiger partial charge in [0.05, 0.1) is 5.69 Å². The zero-order valence-electron chi connectivity index (χ0n) is 11.1. The largest absolute Gasteiger partial charge is 0.409 e. The Balaban J connectivity index is 2.26. The molecule has 0 unspecified atom stereocenters. The third-order valence-electron chi connectivity index (χ3n) is 3.86. The van der Waals surface area contributed by atoms with Crippen molar-refractivity contribution in [2.45, 2.75) is 32.1 Å². The predicted octanol–water partition coefficient (Wildman–Crippen LogP) is 2.93. The van der Waals surface area contributed by atoms with E-state index in [1.54, 1.807) is 0 Å². The highest BCUT2D eigenvalue weighted by atomic mass is 127. The molecule has 0 radical (unpaired) electrons. The Labute approximate surface area is 131 Å². The summed E-state index contributed by atoms with van der Waals surface area (Å²) < 4.78 is 0.962. The molecule has 1 fully saturated rings. The van der Waals surface area contributed by atoms with Gasteiger partial charge in [-0.25, -0.2) is 0 Å². The van der Waals surface area contributed by atoms with Gasteiger partial charge < -0.3 is 16.3 Å². The second-order valence-electron chi connectivity index (χ2n) is 5.06. The van der Waals surface area contributed by atoms with E-state index in [0.717, 1.165) is 28.5 Å². The summed E-state index contributed by atoms with van der Waals surface area (Å²) >= 11 is 2.17. The van der Waals surface area contributed by atoms with E-state index in [-0.39, 0.29) is 11.7 Å². The summed E-state index contributed by atoms with van der Waals surface area (Å²) in [5, 5.41) is 15.0. The van der Waals surface area contributed by atoms with Gasteiger partial charge in [0.15, 0.2) is 5.84 Å². The molecule has 1 aromatic rings. The lowest BCUT2D eigenvalue weighted by molar-refractivity contribution is -0.123. The molecule has 0 aromatic heterocycles. The molecule has 6 heteroatoms. The number of amides is 1. The number of nitrogens with two attached hydrogens (primary N) is 1. The zero-order valence-corrected chi connectivity index (χ0v) is 13.3. The third kappa shape index (κ3) is 2.89. The van der Waals surface area contributed by atoms with Crippen molar-refractivity contribution >= 4 is 40.0 Å². The highest BCUT2D eigenvalue weighted by molar-refractivity contribution is 14.1. The number of oxime groups is 1. The van der Waals surface area contributed by atoms with E-state index >= 15 is 0 Å². The van der Waals surface area contributed by atoms with Gasteiger partial charge in [0.1, 0.15) is 5.41 Å². The molecule has 2 rings (SSSR count). The third-order valence-corrected chi connectivity index (χ3v) is 4.80. The Hall–Kier alpha value is -1.31. The number of benzene rings is 1. The molecule has 20 heavy (non-hydrogen) atoms. The van der Waals surface area contributed by atoms with E-state index in [4.69, 9.17) is 10.9 Å². The highest BCUT2D eigenvalue weighted by Crippen LogP contribution is 2.38. The summed E-state index contributed by atoms with van der Waals surface area (Å²) in [5.74, 6) is -0.169. The van der Waals surface area contributed by atoms with E-state index in [1.807, 2.05) is 24.3 Å². The van der Waals surface area contributed by atoms with Crippen LogP contribution < -0.4 is 11.1 Å². The van der Waals surface area contributed by atoms with Crippen LogP contribution in [0.2, 0.25) is 0 Å². The lowest BCUT2D eigenvalue weighted by Gasteiger charge is -2.34. The molecule has 1 aliphatic rings. The quantitative estimate of drug-likeness (QED) is 0.245. The standard InChI is InChI=1S/C14H18IN3O2/c15-10-6-2-3-7-11(10)17-13(19)14(12(16)18-20)8-4-1-5-9-14/h2-3,6-7,20H,1,4-5,8-9H2,(H2,16,18)(H,17,19). The number of carbonyl (C=O) groups excluding carboxylic acids is 1. The molecule has 4 N–H and O–H groups in total. The van der Waals surface area contributed by atoms with Gasteiger partial charge in [0.2, 0.25) is 5.91 Å². The van der Waals surface area contributed by atoms with E-state index < -0.39 is 5.41 Å². The Morgan fingerprint density at radius 2 is 1.95 bits per heavy atom. The minimum atomic E-state index is -0.883. The number of carbonyl (C=O) groups is 1. The smallest absolute Gasteiger partial charge is 0.238 e. The van der Waals surface area contributed by atoms with Gasteiger partial charge in [-0.3, -0.25) is 4.79 Å². The lowest BCUT2D eigenvalue weighted by atomic mass is 9.72. The Bertz CT molecular complexity index is 525. The number of anilines is 1. The topological polar surface area (TPSA) is 87.7 Å². The predicted molar refractivity (Wildman–Crippen MR) is 86.7 cm³/mol. The summed E-state index contributed by atoms with van der Waals surface area (Å²) in [4.78, 5) is 12.7. The van der Waals surface area contributed by atoms with Crippen molar-refractivity contribution in [3.05, 3.63) is 27.8 Å². The molecule has 1 saturated carbocycles. The maximum absolute atomic E-state index is 12.7. The van der Waals surface area contributed by atoms with Crippen molar-refractivity contribution in [3.63, 3.8) is 0 Å². The monoisotopic (exact) mass is 387 g/mol. The van der Waals surface area contributed by atoms with Crippen LogP contribution in [0.15, 0.2) is 29.4 Å². The Kier molecular flexibility index (Phi) is 4.85. The normalized spacial score (nSPS) is 18.6. The number of rotatable bonds is 3. The molecular formula is C14H18IN3O2. The SMILES string of the molecule is NC(=NO)C1(C(=O)Nc2ccccc2I)CCCCC1. The van der Waals surface area contributed by atoms with Gasteiger partial charge in [-0.1, -0.05) is 36.6 Å². The first kappa shape index (κ1) is 15.1. The fourth-order valence-electron chi connectivity index (χ4n) is 2.66. The average molecular weight is 387 g/mol. The molecule has 0 heterocycles. The van der Waals surface area contributed by atoms with Gasteiger partial charge in [-0.2, -0.15) is 0 Å². The van der Waals surface area contributed by atoms with Gasteiger partial charge in [0.25, 0.3) is 0 Å². The Morgan fingerprint density at radius 3 is 2.55 bits per heavy atom. The van der Waals surface area contributed by atoms with Crippen molar-refractivity contribution in [3.8, 4) is 0 Å². The molecule has 1 aromatic carbocycles. The Morgan fingerprint density at radius 1 is 1.30 bits per heavy atom. The maximum Gasteiger partial charge on any atom is 0.238 e. The van der Waals surface area contributed by atoms with Gasteiger partial charge in [-0.05, 0) is 47.6 Å². The molecule has 108 valence electrons. The van der Waals surface area contributed by atoms with E-state index in [2.05, 4.69) is 33.1 Å². The number of nitrogens with one attached hydrogen (secondary N) is 1. The van der Waals surface area contributed by atoms with E-state index in [0.29, 0.717) is 12.8 Å². The maximum atomic E-state index is 12.7. The number of halogens is 1. The van der Waals surface area contributed by atoms with Crippen molar-refractivity contribution in [2.75, 3.05) is 5.32 Å². The first-order valence-corrected chi connectivity index (χ1v) is 7.72. The average Bonchev–Trinajstić information content (AvgIpc) is 2.49. The minimum absolute atomic E-state index is 0.0145. The van der Waals surface area contributed by atoms with Gasteiger partial charge >= 0.3 is 0 Å². The van der Waals surface area contributed by atoms with Crippen LogP contribution in [0.5, 0.6) is 0 Å². The summed E-state index contributed by atoms with van der Waals surface area (Å²) in [6, 6.07) is 7.56. The molecule has 5 nitrogen and oxygen atoms in total. The lowest BCUT2D eigenvalue weighted by Crippen LogP contribution is -2.48. The van der Waals surface area contributed by atoms with Crippen molar-refractivity contribution in [1.82, 2.24) is 0 Å². The van der Waals surface area contributed by atoms with E-state index in [1.165, 1.54) is 0 Å². The second-order valence-corrected chi connectivity index (χ2v) is 6.22. The number of para-hydroxylation sites is 1. The molecule has 0 spiro atoms. The van der Waals surface area contributed by atoms with Crippen LogP contribution in [0.4, 0.5) is 5.69 Å². The molecule has 0 atom stereocenters. The van der Waals surface area contributed by atoms with Gasteiger partial charge in [-0.15, -0.1) is 0 Å². The highest BCUT2D eigenvalue weighted by Gasteiger charge is 2.44. The van der Waals surface area contributed by atoms with Crippen molar-refractivity contribution in [2.24, 2.45) is 16.3 Å². The summed E-state index contributed by atoms with van der Waals surface area (Å²) in [7, 11) is 0. The summed E-state index contributed by atoms with van der Waals surface area (Å²) in [6.45, 7) is 0. The van der Waals surface area contributed by atoms with Crippen molar-refractivity contribution < 1.29 is 10.0 Å². The number of nitrogens with zero attached hydrogens (tertiary/aromatic N) is 1. The molecule has 0 aliphatic heterocycles. The number of amidine groups is 1. The van der Waals surface area contributed by atoms with Crippen LogP contribution in [0.25, 0.3) is 0 Å². The van der Waals surface area contributed by atoms with Crippen LogP contribution >= 0.6 is 22.6 Å². The van der Waals surface area contributed by atoms with Crippen LogP contribution in [0.1, 0.15) is 32.1 Å². The zero-order chi connectivity index (χ0) is 14.6. The molecule has 1 amide bonds. The molecular weight excluding hydrogens is 369 g/mol. The number of hydrogen-bond donors (Lipinski definition) is 3. The van der Waals surface area contributed by atoms with Crippen molar-refractivity contribution in [1.29, 1.82) is 0 Å². The summed E-state index contributed by atoms with van der Waals surface area (Å²) in [5.41, 5.74) is 5.69. The number of hydrogen-bond acceptors (Lipinski definition) is 3. The van der Waals surface area contributed by atoms with Crippen LogP contribution in [-0.2, 0) is 4.79 Å². The molecule has 0 saturated heterocycles. The van der Waals surface area contributed by atoms with E-state index in [9.17, 15) is 4.79 Å². The fourth-order valence-corrected chi connectivity index (χ4v) is 3.18. The second kappa shape index (κ2) is 6.43. The van der Waals surface area contributed by atoms with Gasteiger partial charge in [0, 0.05) is 3.57 Å². The minimum Gasteiger partial charge on any atom is -0.409 e. The fraction of sp³-hybridized carbons (Fsp3) is 0.429. The first-order valence-electron chi connectivity index (χ1n) is 6.64. The van der Waals surface area contributed by atoms with Crippen LogP contribution in [-0.4, -0.2) is 17.0 Å².